The normalized spacial score (nSPS) is 17.2. The first-order chi connectivity index (χ1) is 12.2. The van der Waals surface area contributed by atoms with Crippen molar-refractivity contribution in [3.63, 3.8) is 0 Å². The number of likely N-dealkylation sites (N-methyl/N-ethyl adjacent to an activating group) is 1. The van der Waals surface area contributed by atoms with Crippen molar-refractivity contribution in [2.45, 2.75) is 51.6 Å². The van der Waals surface area contributed by atoms with Gasteiger partial charge in [-0.05, 0) is 45.6 Å². The number of rotatable bonds is 13. The van der Waals surface area contributed by atoms with Crippen LogP contribution in [-0.2, 0) is 9.47 Å². The van der Waals surface area contributed by atoms with Gasteiger partial charge in [0.25, 0.3) is 0 Å². The van der Waals surface area contributed by atoms with Crippen LogP contribution in [0.2, 0.25) is 0 Å². The highest BCUT2D eigenvalue weighted by Gasteiger charge is 2.25. The third-order valence-corrected chi connectivity index (χ3v) is 4.93. The summed E-state index contributed by atoms with van der Waals surface area (Å²) in [5, 5.41) is 6.82. The average molecular weight is 357 g/mol. The first-order valence-electron chi connectivity index (χ1n) is 9.94. The molecule has 1 fully saturated rings. The third kappa shape index (κ3) is 10.0. The van der Waals surface area contributed by atoms with Crippen LogP contribution in [0, 0.1) is 5.92 Å². The molecule has 6 heteroatoms. The Kier molecular flexibility index (Phi) is 12.7. The fourth-order valence-corrected chi connectivity index (χ4v) is 3.51. The van der Waals surface area contributed by atoms with Crippen molar-refractivity contribution in [3.8, 4) is 0 Å². The quantitative estimate of drug-likeness (QED) is 0.301. The van der Waals surface area contributed by atoms with Gasteiger partial charge in [-0.3, -0.25) is 4.99 Å². The summed E-state index contributed by atoms with van der Waals surface area (Å²) in [6.45, 7) is 7.57. The largest absolute Gasteiger partial charge is 0.385 e. The maximum atomic E-state index is 5.98. The average Bonchev–Trinajstić information content (AvgIpc) is 3.14. The summed E-state index contributed by atoms with van der Waals surface area (Å²) < 4.78 is 11.1. The SMILES string of the molecule is CCOC(CCNC(=NC)NCCN(C)CCCOC)C1CCCC1. The second kappa shape index (κ2) is 14.3. The van der Waals surface area contributed by atoms with Gasteiger partial charge < -0.3 is 25.0 Å². The highest BCUT2D eigenvalue weighted by molar-refractivity contribution is 5.79. The van der Waals surface area contributed by atoms with E-state index in [1.165, 1.54) is 25.7 Å². The number of guanidine groups is 1. The Hall–Kier alpha value is -0.850. The van der Waals surface area contributed by atoms with Crippen LogP contribution in [0.1, 0.15) is 45.4 Å². The molecule has 0 bridgehead atoms. The van der Waals surface area contributed by atoms with Crippen LogP contribution in [0.25, 0.3) is 0 Å². The van der Waals surface area contributed by atoms with E-state index < -0.39 is 0 Å². The van der Waals surface area contributed by atoms with E-state index in [9.17, 15) is 0 Å². The Bertz CT molecular complexity index is 346. The molecule has 1 unspecified atom stereocenters. The zero-order chi connectivity index (χ0) is 18.3. The smallest absolute Gasteiger partial charge is 0.191 e. The summed E-state index contributed by atoms with van der Waals surface area (Å²) in [5.41, 5.74) is 0. The Morgan fingerprint density at radius 3 is 2.56 bits per heavy atom. The molecule has 0 saturated heterocycles. The molecule has 1 rings (SSSR count). The van der Waals surface area contributed by atoms with Gasteiger partial charge >= 0.3 is 0 Å². The molecule has 0 radical (unpaired) electrons. The number of hydrogen-bond acceptors (Lipinski definition) is 4. The van der Waals surface area contributed by atoms with Crippen molar-refractivity contribution in [1.82, 2.24) is 15.5 Å². The maximum Gasteiger partial charge on any atom is 0.191 e. The maximum absolute atomic E-state index is 5.98. The van der Waals surface area contributed by atoms with E-state index in [0.717, 1.165) is 64.1 Å². The van der Waals surface area contributed by atoms with Crippen LogP contribution < -0.4 is 10.6 Å². The summed E-state index contributed by atoms with van der Waals surface area (Å²) in [6, 6.07) is 0. The summed E-state index contributed by atoms with van der Waals surface area (Å²) >= 11 is 0. The third-order valence-electron chi connectivity index (χ3n) is 4.93. The molecule has 0 aromatic heterocycles. The summed E-state index contributed by atoms with van der Waals surface area (Å²) in [7, 11) is 5.72. The van der Waals surface area contributed by atoms with E-state index >= 15 is 0 Å². The van der Waals surface area contributed by atoms with Crippen molar-refractivity contribution in [3.05, 3.63) is 0 Å². The Labute approximate surface area is 154 Å². The Morgan fingerprint density at radius 2 is 1.92 bits per heavy atom. The molecule has 1 aliphatic carbocycles. The number of methoxy groups -OCH3 is 1. The molecule has 0 aromatic rings. The van der Waals surface area contributed by atoms with E-state index in [-0.39, 0.29) is 0 Å². The number of nitrogens with one attached hydrogen (secondary N) is 2. The lowest BCUT2D eigenvalue weighted by Gasteiger charge is -2.24. The summed E-state index contributed by atoms with van der Waals surface area (Å²) in [4.78, 5) is 6.63. The fraction of sp³-hybridized carbons (Fsp3) is 0.947. The predicted octanol–water partition coefficient (Wildman–Crippen LogP) is 2.11. The highest BCUT2D eigenvalue weighted by atomic mass is 16.5. The second-order valence-electron chi connectivity index (χ2n) is 6.90. The van der Waals surface area contributed by atoms with Crippen LogP contribution in [0.3, 0.4) is 0 Å². The molecule has 1 atom stereocenters. The number of hydrogen-bond donors (Lipinski definition) is 2. The molecule has 6 nitrogen and oxygen atoms in total. The van der Waals surface area contributed by atoms with Gasteiger partial charge in [0.05, 0.1) is 6.10 Å². The molecule has 1 saturated carbocycles. The van der Waals surface area contributed by atoms with Crippen molar-refractivity contribution >= 4 is 5.96 Å². The second-order valence-corrected chi connectivity index (χ2v) is 6.90. The van der Waals surface area contributed by atoms with Gasteiger partial charge in [-0.2, -0.15) is 0 Å². The molecule has 0 aromatic carbocycles. The molecule has 148 valence electrons. The van der Waals surface area contributed by atoms with Gasteiger partial charge in [-0.1, -0.05) is 12.8 Å². The molecule has 0 amide bonds. The van der Waals surface area contributed by atoms with Gasteiger partial charge in [-0.15, -0.1) is 0 Å². The van der Waals surface area contributed by atoms with Gasteiger partial charge in [0.1, 0.15) is 0 Å². The van der Waals surface area contributed by atoms with Crippen molar-refractivity contribution in [2.75, 3.05) is 60.6 Å². The van der Waals surface area contributed by atoms with E-state index in [4.69, 9.17) is 9.47 Å². The van der Waals surface area contributed by atoms with Crippen LogP contribution >= 0.6 is 0 Å². The van der Waals surface area contributed by atoms with E-state index in [1.807, 2.05) is 7.05 Å². The van der Waals surface area contributed by atoms with E-state index in [1.54, 1.807) is 7.11 Å². The minimum absolute atomic E-state index is 0.394. The van der Waals surface area contributed by atoms with Gasteiger partial charge in [-0.25, -0.2) is 0 Å². The number of nitrogens with zero attached hydrogens (tertiary/aromatic N) is 2. The van der Waals surface area contributed by atoms with Crippen LogP contribution in [0.15, 0.2) is 4.99 Å². The minimum atomic E-state index is 0.394. The summed E-state index contributed by atoms with van der Waals surface area (Å²) in [6.07, 6.45) is 7.90. The molecule has 1 aliphatic rings. The van der Waals surface area contributed by atoms with Gasteiger partial charge in [0.2, 0.25) is 0 Å². The topological polar surface area (TPSA) is 58.1 Å². The lowest BCUT2D eigenvalue weighted by atomic mass is 9.98. The van der Waals surface area contributed by atoms with Gasteiger partial charge in [0, 0.05) is 53.6 Å². The predicted molar refractivity (Wildman–Crippen MR) is 105 cm³/mol. The fourth-order valence-electron chi connectivity index (χ4n) is 3.51. The van der Waals surface area contributed by atoms with Crippen molar-refractivity contribution < 1.29 is 9.47 Å². The van der Waals surface area contributed by atoms with Crippen LogP contribution in [-0.4, -0.2) is 77.6 Å². The van der Waals surface area contributed by atoms with Crippen LogP contribution in [0.4, 0.5) is 0 Å². The molecule has 0 heterocycles. The van der Waals surface area contributed by atoms with Crippen molar-refractivity contribution in [1.29, 1.82) is 0 Å². The lowest BCUT2D eigenvalue weighted by Crippen LogP contribution is -2.42. The molecular weight excluding hydrogens is 316 g/mol. The minimum Gasteiger partial charge on any atom is -0.385 e. The number of aliphatic imine (C=N–C) groups is 1. The highest BCUT2D eigenvalue weighted by Crippen LogP contribution is 2.30. The first kappa shape index (κ1) is 22.2. The first-order valence-corrected chi connectivity index (χ1v) is 9.94. The van der Waals surface area contributed by atoms with Crippen molar-refractivity contribution in [2.24, 2.45) is 10.9 Å². The standard InChI is InChI=1S/C19H40N4O2/c1-5-25-18(17-9-6-7-10-17)11-12-21-19(20-2)22-13-15-23(3)14-8-16-24-4/h17-18H,5-16H2,1-4H3,(H2,20,21,22). The van der Waals surface area contributed by atoms with E-state index in [0.29, 0.717) is 6.10 Å². The lowest BCUT2D eigenvalue weighted by molar-refractivity contribution is 0.0169. The molecule has 0 aliphatic heterocycles. The summed E-state index contributed by atoms with van der Waals surface area (Å²) in [5.74, 6) is 1.63. The molecule has 2 N–H and O–H groups in total. The molecule has 0 spiro atoms. The zero-order valence-electron chi connectivity index (χ0n) is 16.9. The molecule has 25 heavy (non-hydrogen) atoms. The van der Waals surface area contributed by atoms with Gasteiger partial charge in [0.15, 0.2) is 5.96 Å². The van der Waals surface area contributed by atoms with E-state index in [2.05, 4.69) is 34.5 Å². The van der Waals surface area contributed by atoms with Crippen LogP contribution in [0.5, 0.6) is 0 Å². The Balaban J connectivity index is 2.17. The monoisotopic (exact) mass is 356 g/mol. The Morgan fingerprint density at radius 1 is 1.20 bits per heavy atom. The number of ether oxygens (including phenoxy) is 2. The molecular formula is C19H40N4O2. The zero-order valence-corrected chi connectivity index (χ0v) is 16.9.